The van der Waals surface area contributed by atoms with Crippen molar-refractivity contribution in [3.8, 4) is 0 Å². The number of aromatic nitrogens is 3. The molecule has 0 saturated carbocycles. The minimum Gasteiger partial charge on any atom is -0.356 e. The summed E-state index contributed by atoms with van der Waals surface area (Å²) < 4.78 is 27.1. The minimum atomic E-state index is -0.707. The molecule has 0 spiro atoms. The lowest BCUT2D eigenvalue weighted by atomic mass is 10.3. The SMILES string of the molecule is CCN(CC)c1cnnc(Nc2c(F)cccc2F)n1. The molecule has 0 aliphatic rings. The number of benzene rings is 1. The Balaban J connectivity index is 2.28. The van der Waals surface area contributed by atoms with Gasteiger partial charge in [-0.25, -0.2) is 8.78 Å². The van der Waals surface area contributed by atoms with Gasteiger partial charge in [0.05, 0.1) is 6.20 Å². The van der Waals surface area contributed by atoms with Crippen molar-refractivity contribution in [1.82, 2.24) is 15.2 Å². The van der Waals surface area contributed by atoms with Crippen LogP contribution in [0.3, 0.4) is 0 Å². The van der Waals surface area contributed by atoms with Crippen LogP contribution in [0.25, 0.3) is 0 Å². The van der Waals surface area contributed by atoms with Gasteiger partial charge in [0.1, 0.15) is 17.3 Å². The highest BCUT2D eigenvalue weighted by atomic mass is 19.1. The average molecular weight is 279 g/mol. The molecule has 20 heavy (non-hydrogen) atoms. The zero-order valence-electron chi connectivity index (χ0n) is 11.3. The maximum atomic E-state index is 13.5. The van der Waals surface area contributed by atoms with Gasteiger partial charge in [0, 0.05) is 13.1 Å². The van der Waals surface area contributed by atoms with Gasteiger partial charge >= 0.3 is 0 Å². The number of anilines is 3. The molecule has 1 heterocycles. The fraction of sp³-hybridized carbons (Fsp3) is 0.308. The van der Waals surface area contributed by atoms with Crippen LogP contribution in [0.1, 0.15) is 13.8 Å². The Morgan fingerprint density at radius 1 is 1.15 bits per heavy atom. The number of nitrogens with one attached hydrogen (secondary N) is 1. The number of hydrogen-bond donors (Lipinski definition) is 1. The lowest BCUT2D eigenvalue weighted by Gasteiger charge is -2.19. The highest BCUT2D eigenvalue weighted by Crippen LogP contribution is 2.21. The number of nitrogens with zero attached hydrogens (tertiary/aromatic N) is 4. The molecule has 0 atom stereocenters. The van der Waals surface area contributed by atoms with Gasteiger partial charge in [-0.1, -0.05) is 6.07 Å². The molecular formula is C13H15F2N5. The summed E-state index contributed by atoms with van der Waals surface area (Å²) in [7, 11) is 0. The van der Waals surface area contributed by atoms with E-state index in [1.165, 1.54) is 12.3 Å². The molecule has 0 aliphatic carbocycles. The van der Waals surface area contributed by atoms with Crippen LogP contribution in [0.4, 0.5) is 26.2 Å². The van der Waals surface area contributed by atoms with E-state index in [0.29, 0.717) is 5.82 Å². The summed E-state index contributed by atoms with van der Waals surface area (Å²) in [6.45, 7) is 5.47. The molecule has 0 radical (unpaired) electrons. The van der Waals surface area contributed by atoms with Crippen LogP contribution in [-0.2, 0) is 0 Å². The van der Waals surface area contributed by atoms with E-state index in [4.69, 9.17) is 0 Å². The van der Waals surface area contributed by atoms with Gasteiger partial charge in [-0.05, 0) is 26.0 Å². The van der Waals surface area contributed by atoms with Crippen molar-refractivity contribution in [3.05, 3.63) is 36.0 Å². The molecule has 0 aliphatic heterocycles. The van der Waals surface area contributed by atoms with E-state index in [1.807, 2.05) is 18.7 Å². The van der Waals surface area contributed by atoms with Crippen LogP contribution < -0.4 is 10.2 Å². The first kappa shape index (κ1) is 14.1. The molecule has 106 valence electrons. The first-order valence-electron chi connectivity index (χ1n) is 6.31. The molecule has 0 unspecified atom stereocenters. The summed E-state index contributed by atoms with van der Waals surface area (Å²) in [6, 6.07) is 3.61. The van der Waals surface area contributed by atoms with Crippen molar-refractivity contribution in [2.45, 2.75) is 13.8 Å². The Hall–Kier alpha value is -2.31. The second-order valence-corrected chi connectivity index (χ2v) is 4.03. The van der Waals surface area contributed by atoms with Crippen LogP contribution in [0.15, 0.2) is 24.4 Å². The summed E-state index contributed by atoms with van der Waals surface area (Å²) in [5, 5.41) is 10.1. The second-order valence-electron chi connectivity index (χ2n) is 4.03. The van der Waals surface area contributed by atoms with Crippen LogP contribution in [0.5, 0.6) is 0 Å². The summed E-state index contributed by atoms with van der Waals surface area (Å²) in [6.07, 6.45) is 1.51. The van der Waals surface area contributed by atoms with Gasteiger partial charge in [0.2, 0.25) is 5.95 Å². The predicted molar refractivity (Wildman–Crippen MR) is 73.0 cm³/mol. The van der Waals surface area contributed by atoms with Crippen molar-refractivity contribution >= 4 is 17.5 Å². The van der Waals surface area contributed by atoms with E-state index in [1.54, 1.807) is 0 Å². The Morgan fingerprint density at radius 2 is 1.80 bits per heavy atom. The van der Waals surface area contributed by atoms with Gasteiger partial charge in [0.25, 0.3) is 0 Å². The van der Waals surface area contributed by atoms with Crippen LogP contribution in [0.2, 0.25) is 0 Å². The number of halogens is 2. The normalized spacial score (nSPS) is 10.4. The largest absolute Gasteiger partial charge is 0.356 e. The molecule has 7 heteroatoms. The third kappa shape index (κ3) is 2.98. The number of para-hydroxylation sites is 1. The fourth-order valence-electron chi connectivity index (χ4n) is 1.78. The molecular weight excluding hydrogens is 264 g/mol. The summed E-state index contributed by atoms with van der Waals surface area (Å²) >= 11 is 0. The van der Waals surface area contributed by atoms with Gasteiger partial charge in [-0.2, -0.15) is 10.1 Å². The van der Waals surface area contributed by atoms with E-state index in [9.17, 15) is 8.78 Å². The third-order valence-electron chi connectivity index (χ3n) is 2.83. The Bertz CT molecular complexity index is 566. The molecule has 5 nitrogen and oxygen atoms in total. The molecule has 1 N–H and O–H groups in total. The van der Waals surface area contributed by atoms with Gasteiger partial charge in [-0.3, -0.25) is 0 Å². The molecule has 1 aromatic carbocycles. The standard InChI is InChI=1S/C13H15F2N5/c1-3-20(4-2)11-8-16-19-13(17-11)18-12-9(14)6-5-7-10(12)15/h5-8H,3-4H2,1-2H3,(H,17,18,19). The van der Waals surface area contributed by atoms with Crippen molar-refractivity contribution in [3.63, 3.8) is 0 Å². The number of hydrogen-bond acceptors (Lipinski definition) is 5. The minimum absolute atomic E-state index is 0.0541. The summed E-state index contributed by atoms with van der Waals surface area (Å²) in [5.41, 5.74) is -0.286. The zero-order chi connectivity index (χ0) is 14.5. The molecule has 0 bridgehead atoms. The van der Waals surface area contributed by atoms with Gasteiger partial charge < -0.3 is 10.2 Å². The second kappa shape index (κ2) is 6.23. The molecule has 0 saturated heterocycles. The summed E-state index contributed by atoms with van der Waals surface area (Å²) in [4.78, 5) is 6.16. The van der Waals surface area contributed by atoms with Gasteiger partial charge in [0.15, 0.2) is 5.82 Å². The van der Waals surface area contributed by atoms with E-state index in [2.05, 4.69) is 20.5 Å². The molecule has 0 amide bonds. The van der Waals surface area contributed by atoms with E-state index in [0.717, 1.165) is 25.2 Å². The van der Waals surface area contributed by atoms with Crippen LogP contribution in [0, 0.1) is 11.6 Å². The maximum absolute atomic E-state index is 13.5. The highest BCUT2D eigenvalue weighted by Gasteiger charge is 2.11. The fourth-order valence-corrected chi connectivity index (χ4v) is 1.78. The Labute approximate surface area is 115 Å². The Morgan fingerprint density at radius 3 is 2.40 bits per heavy atom. The zero-order valence-corrected chi connectivity index (χ0v) is 11.3. The lowest BCUT2D eigenvalue weighted by Crippen LogP contribution is -2.23. The highest BCUT2D eigenvalue weighted by molar-refractivity contribution is 5.55. The molecule has 0 fully saturated rings. The maximum Gasteiger partial charge on any atom is 0.249 e. The molecule has 1 aromatic heterocycles. The first-order valence-corrected chi connectivity index (χ1v) is 6.31. The first-order chi connectivity index (χ1) is 9.65. The molecule has 2 rings (SSSR count). The molecule has 2 aromatic rings. The number of rotatable bonds is 5. The van der Waals surface area contributed by atoms with Crippen molar-refractivity contribution in [2.24, 2.45) is 0 Å². The van der Waals surface area contributed by atoms with Gasteiger partial charge in [-0.15, -0.1) is 5.10 Å². The average Bonchev–Trinajstić information content (AvgIpc) is 2.45. The predicted octanol–water partition coefficient (Wildman–Crippen LogP) is 2.74. The van der Waals surface area contributed by atoms with Crippen molar-refractivity contribution < 1.29 is 8.78 Å². The Kier molecular flexibility index (Phi) is 4.39. The van der Waals surface area contributed by atoms with E-state index >= 15 is 0 Å². The van der Waals surface area contributed by atoms with Crippen molar-refractivity contribution in [2.75, 3.05) is 23.3 Å². The topological polar surface area (TPSA) is 53.9 Å². The smallest absolute Gasteiger partial charge is 0.249 e. The lowest BCUT2D eigenvalue weighted by molar-refractivity contribution is 0.590. The van der Waals surface area contributed by atoms with Crippen molar-refractivity contribution in [1.29, 1.82) is 0 Å². The van der Waals surface area contributed by atoms with E-state index in [-0.39, 0.29) is 11.6 Å². The van der Waals surface area contributed by atoms with Crippen LogP contribution >= 0.6 is 0 Å². The third-order valence-corrected chi connectivity index (χ3v) is 2.83. The monoisotopic (exact) mass is 279 g/mol. The van der Waals surface area contributed by atoms with Crippen LogP contribution in [-0.4, -0.2) is 28.3 Å². The summed E-state index contributed by atoms with van der Waals surface area (Å²) in [5.74, 6) is -0.758. The quantitative estimate of drug-likeness (QED) is 0.912. The van der Waals surface area contributed by atoms with E-state index < -0.39 is 11.6 Å².